The van der Waals surface area contributed by atoms with E-state index in [1.54, 1.807) is 10.7 Å². The Hall–Kier alpha value is -3.41. The van der Waals surface area contributed by atoms with E-state index in [2.05, 4.69) is 46.5 Å². The molecule has 2 fully saturated rings. The highest BCUT2D eigenvalue weighted by Gasteiger charge is 2.56. The fourth-order valence-corrected chi connectivity index (χ4v) is 5.13. The number of halogens is 1. The number of carbonyl (C=O) groups excluding carboxylic acids is 1. The van der Waals surface area contributed by atoms with Crippen molar-refractivity contribution in [3.63, 3.8) is 0 Å². The number of hydrogen-bond acceptors (Lipinski definition) is 8. The van der Waals surface area contributed by atoms with Crippen molar-refractivity contribution in [3.8, 4) is 0 Å². The highest BCUT2D eigenvalue weighted by atomic mass is 79.9. The van der Waals surface area contributed by atoms with Crippen molar-refractivity contribution in [1.82, 2.24) is 34.9 Å². The number of ether oxygens (including phenoxy) is 1. The number of aromatic amines is 1. The normalized spacial score (nSPS) is 18.8. The van der Waals surface area contributed by atoms with Gasteiger partial charge in [0.25, 0.3) is 0 Å². The molecule has 3 N–H and O–H groups in total. The molecule has 1 saturated carbocycles. The summed E-state index contributed by atoms with van der Waals surface area (Å²) in [6.07, 6.45) is 3.43. The van der Waals surface area contributed by atoms with Gasteiger partial charge in [-0.2, -0.15) is 19.6 Å². The van der Waals surface area contributed by atoms with Crippen LogP contribution in [0.25, 0.3) is 16.7 Å². The van der Waals surface area contributed by atoms with Crippen LogP contribution in [-0.4, -0.2) is 60.4 Å². The molecule has 1 saturated heterocycles. The summed E-state index contributed by atoms with van der Waals surface area (Å²) in [5.74, 6) is 1.96. The summed E-state index contributed by atoms with van der Waals surface area (Å²) in [7, 11) is 0. The lowest BCUT2D eigenvalue weighted by Crippen LogP contribution is -2.44. The number of amides is 1. The summed E-state index contributed by atoms with van der Waals surface area (Å²) in [6, 6.07) is 7.90. The first kappa shape index (κ1) is 23.0. The summed E-state index contributed by atoms with van der Waals surface area (Å²) in [4.78, 5) is 32.2. The van der Waals surface area contributed by atoms with E-state index in [-0.39, 0.29) is 17.6 Å². The van der Waals surface area contributed by atoms with Crippen molar-refractivity contribution in [2.45, 2.75) is 51.8 Å². The van der Waals surface area contributed by atoms with Crippen LogP contribution in [-0.2, 0) is 11.3 Å². The van der Waals surface area contributed by atoms with Crippen LogP contribution in [0.1, 0.15) is 39.4 Å². The molecule has 2 aliphatic rings. The minimum atomic E-state index is -0.540. The van der Waals surface area contributed by atoms with Crippen LogP contribution in [0, 0.1) is 5.41 Å². The van der Waals surface area contributed by atoms with Gasteiger partial charge in [0.1, 0.15) is 11.4 Å². The van der Waals surface area contributed by atoms with Crippen LogP contribution in [0.3, 0.4) is 0 Å². The fourth-order valence-electron chi connectivity index (χ4n) is 4.78. The van der Waals surface area contributed by atoms with Gasteiger partial charge in [-0.15, -0.1) is 0 Å². The summed E-state index contributed by atoms with van der Waals surface area (Å²) in [5.41, 5.74) is 2.06. The Kier molecular flexibility index (Phi) is 5.32. The molecule has 1 aromatic carbocycles. The van der Waals surface area contributed by atoms with Crippen molar-refractivity contribution >= 4 is 50.6 Å². The smallest absolute Gasteiger partial charge is 0.407 e. The first-order chi connectivity index (χ1) is 17.2. The zero-order valence-electron chi connectivity index (χ0n) is 20.4. The number of hydrogen-bond donors (Lipinski definition) is 3. The number of rotatable bonds is 5. The number of anilines is 2. The third kappa shape index (κ3) is 4.34. The van der Waals surface area contributed by atoms with Crippen LogP contribution in [0.15, 0.2) is 34.9 Å². The minimum absolute atomic E-state index is 0.0208. The lowest BCUT2D eigenvalue weighted by molar-refractivity contribution is 0.0493. The maximum Gasteiger partial charge on any atom is 0.407 e. The number of imidazole rings is 1. The lowest BCUT2D eigenvalue weighted by atomic mass is 10.0. The Bertz CT molecular complexity index is 1420. The molecule has 1 aliphatic carbocycles. The molecule has 1 spiro atoms. The quantitative estimate of drug-likeness (QED) is 0.340. The molecule has 0 radical (unpaired) electrons. The molecule has 1 unspecified atom stereocenters. The number of carbonyl (C=O) groups is 1. The summed E-state index contributed by atoms with van der Waals surface area (Å²) in [5, 5.41) is 10.9. The highest BCUT2D eigenvalue weighted by Crippen LogP contribution is 2.53. The molecule has 12 heteroatoms. The van der Waals surface area contributed by atoms with Crippen molar-refractivity contribution < 1.29 is 9.53 Å². The SMILES string of the molecule is CC(C)(C)OC(=O)NC1CN(c2nc(NCc3nc4ccccc4[nH]3)n3ncc(Br)c3n2)CC12CC2. The Labute approximate surface area is 216 Å². The highest BCUT2D eigenvalue weighted by molar-refractivity contribution is 9.10. The maximum atomic E-state index is 12.5. The fraction of sp³-hybridized carbons (Fsp3) is 0.458. The van der Waals surface area contributed by atoms with E-state index in [0.717, 1.165) is 40.7 Å². The van der Waals surface area contributed by atoms with Crippen LogP contribution < -0.4 is 15.5 Å². The van der Waals surface area contributed by atoms with E-state index < -0.39 is 5.60 Å². The van der Waals surface area contributed by atoms with Crippen molar-refractivity contribution in [3.05, 3.63) is 40.8 Å². The van der Waals surface area contributed by atoms with Gasteiger partial charge in [-0.3, -0.25) is 0 Å². The summed E-state index contributed by atoms with van der Waals surface area (Å²) in [6.45, 7) is 7.44. The lowest BCUT2D eigenvalue weighted by Gasteiger charge is -2.23. The molecule has 6 rings (SSSR count). The van der Waals surface area contributed by atoms with Gasteiger partial charge >= 0.3 is 6.09 Å². The largest absolute Gasteiger partial charge is 0.444 e. The Morgan fingerprint density at radius 2 is 2.06 bits per heavy atom. The number of benzene rings is 1. The van der Waals surface area contributed by atoms with E-state index in [1.807, 2.05) is 45.0 Å². The topological polar surface area (TPSA) is 125 Å². The second kappa shape index (κ2) is 8.32. The number of H-pyrrole nitrogens is 1. The van der Waals surface area contributed by atoms with Crippen LogP contribution in [0.5, 0.6) is 0 Å². The van der Waals surface area contributed by atoms with Gasteiger partial charge in [0.2, 0.25) is 11.9 Å². The van der Waals surface area contributed by atoms with Crippen molar-refractivity contribution in [1.29, 1.82) is 0 Å². The van der Waals surface area contributed by atoms with Gasteiger partial charge in [-0.05, 0) is 61.7 Å². The number of aromatic nitrogens is 6. The van der Waals surface area contributed by atoms with Gasteiger partial charge in [-0.1, -0.05) is 12.1 Å². The zero-order valence-corrected chi connectivity index (χ0v) is 22.0. The average molecular weight is 554 g/mol. The number of para-hydroxylation sites is 2. The average Bonchev–Trinajstić information content (AvgIpc) is 3.14. The van der Waals surface area contributed by atoms with Crippen molar-refractivity contribution in [2.24, 2.45) is 5.41 Å². The first-order valence-corrected chi connectivity index (χ1v) is 12.8. The molecule has 11 nitrogen and oxygen atoms in total. The van der Waals surface area contributed by atoms with Crippen LogP contribution in [0.2, 0.25) is 0 Å². The van der Waals surface area contributed by atoms with Crippen LogP contribution >= 0.6 is 15.9 Å². The number of alkyl carbamates (subject to hydrolysis) is 1. The summed E-state index contributed by atoms with van der Waals surface area (Å²) < 4.78 is 7.96. The molecular weight excluding hydrogens is 526 g/mol. The van der Waals surface area contributed by atoms with Gasteiger partial charge < -0.3 is 25.3 Å². The summed E-state index contributed by atoms with van der Waals surface area (Å²) >= 11 is 3.56. The van der Waals surface area contributed by atoms with Crippen molar-refractivity contribution in [2.75, 3.05) is 23.3 Å². The van der Waals surface area contributed by atoms with E-state index >= 15 is 0 Å². The van der Waals surface area contributed by atoms with Gasteiger partial charge in [0.15, 0.2) is 5.65 Å². The zero-order chi connectivity index (χ0) is 25.1. The predicted molar refractivity (Wildman–Crippen MR) is 139 cm³/mol. The molecule has 1 aliphatic heterocycles. The minimum Gasteiger partial charge on any atom is -0.444 e. The van der Waals surface area contributed by atoms with Gasteiger partial charge in [0.05, 0.1) is 34.3 Å². The molecule has 1 atom stereocenters. The molecule has 36 heavy (non-hydrogen) atoms. The number of fused-ring (bicyclic) bond motifs is 2. The molecule has 0 bridgehead atoms. The van der Waals surface area contributed by atoms with E-state index in [9.17, 15) is 4.79 Å². The molecule has 1 amide bonds. The molecule has 188 valence electrons. The number of nitrogens with one attached hydrogen (secondary N) is 3. The Balaban J connectivity index is 1.24. The third-order valence-electron chi connectivity index (χ3n) is 6.68. The molecule has 4 aromatic rings. The monoisotopic (exact) mass is 553 g/mol. The molecular formula is C24H28BrN9O2. The molecule has 3 aromatic heterocycles. The maximum absolute atomic E-state index is 12.5. The van der Waals surface area contributed by atoms with E-state index in [1.165, 1.54) is 0 Å². The van der Waals surface area contributed by atoms with E-state index in [0.29, 0.717) is 30.6 Å². The molecule has 4 heterocycles. The van der Waals surface area contributed by atoms with Gasteiger partial charge in [0, 0.05) is 18.5 Å². The van der Waals surface area contributed by atoms with Gasteiger partial charge in [-0.25, -0.2) is 9.78 Å². The van der Waals surface area contributed by atoms with Crippen LogP contribution in [0.4, 0.5) is 16.7 Å². The second-order valence-electron chi connectivity index (χ2n) is 10.6. The Morgan fingerprint density at radius 3 is 2.81 bits per heavy atom. The predicted octanol–water partition coefficient (Wildman–Crippen LogP) is 3.87. The second-order valence-corrected chi connectivity index (χ2v) is 11.4. The standard InChI is InChI=1S/C24H28BrN9O2/c1-23(2,3)36-22(35)30-17-12-33(13-24(17)8-9-24)21-31-19-14(25)10-27-34(19)20(32-21)26-11-18-28-15-6-4-5-7-16(15)29-18/h4-7,10,17H,8-9,11-13H2,1-3H3,(H,28,29)(H,30,35)(H,26,31,32). The number of nitrogens with zero attached hydrogens (tertiary/aromatic N) is 6. The third-order valence-corrected chi connectivity index (χ3v) is 7.24. The van der Waals surface area contributed by atoms with E-state index in [4.69, 9.17) is 14.7 Å². The Morgan fingerprint density at radius 1 is 1.25 bits per heavy atom. The first-order valence-electron chi connectivity index (χ1n) is 12.0.